The van der Waals surface area contributed by atoms with E-state index in [1.807, 2.05) is 0 Å². The van der Waals surface area contributed by atoms with Crippen molar-refractivity contribution in [3.63, 3.8) is 0 Å². The molecule has 0 spiro atoms. The molecule has 9 saturated heterocycles. The summed E-state index contributed by atoms with van der Waals surface area (Å²) in [5, 5.41) is 270. The number of hydrogen-bond acceptors (Lipinski definition) is 43. The highest BCUT2D eigenvalue weighted by Crippen LogP contribution is 2.76. The van der Waals surface area contributed by atoms with Gasteiger partial charge >= 0.3 is 5.97 Å². The summed E-state index contributed by atoms with van der Waals surface area (Å²) in [4.78, 5) is 16.4. The summed E-state index contributed by atoms with van der Waals surface area (Å²) in [6.45, 7) is 12.9. The molecule has 5 aliphatic carbocycles. The van der Waals surface area contributed by atoms with E-state index in [0.29, 0.717) is 38.5 Å². The van der Waals surface area contributed by atoms with Gasteiger partial charge < -0.3 is 208 Å². The van der Waals surface area contributed by atoms with E-state index >= 15 is 4.79 Å². The molecule has 14 aliphatic rings. The number of allylic oxidation sites excluding steroid dienone is 2. The monoisotopic (exact) mass is 1790 g/mol. The van der Waals surface area contributed by atoms with Gasteiger partial charge in [0.1, 0.15) is 164 Å². The molecule has 4 saturated carbocycles. The van der Waals surface area contributed by atoms with Crippen molar-refractivity contribution < 1.29 is 213 Å². The Morgan fingerprint density at radius 3 is 1.44 bits per heavy atom. The molecule has 124 heavy (non-hydrogen) atoms. The Morgan fingerprint density at radius 1 is 0.403 bits per heavy atom. The first kappa shape index (κ1) is 97.6. The molecule has 9 aliphatic heterocycles. The zero-order chi connectivity index (χ0) is 90.4. The van der Waals surface area contributed by atoms with Crippen LogP contribution in [-0.4, -0.2) is 438 Å². The lowest BCUT2D eigenvalue weighted by Gasteiger charge is -2.72. The minimum Gasteiger partial charge on any atom is -0.432 e. The minimum atomic E-state index is -2.21. The molecule has 0 bridgehead atoms. The number of ether oxygens (including phenoxy) is 18. The van der Waals surface area contributed by atoms with Crippen LogP contribution < -0.4 is 0 Å². The highest BCUT2D eigenvalue weighted by molar-refractivity contribution is 5.79. The SMILES string of the molecule is C[C@@H]1O[C@@H](O[C@@H]2[C@@H](O)[C@H](O[C@@H]3[C@@H](O[C@@H]4OC[C@@H](O)[C@H](O)[C@H]4O)[C@@H](O)[C@H](O[C@H]4[C@H](OC(=O)[C@]56CCC(C)(C)C[C@H]5C5=CC[C@@H]7[C@@]8(C)C[C@H](O)[C@H](O[C@@H]9O[C@H](CO)[C@@H](O)[C@H](O[C@@H]%10O[C@H](CO)[C@@H](O)[C@H](O[C@@H]%11OC[C@](O)(CO)[C@H]%11O)[C@H]%10O)[C@H]9O)[C@@](C)(CO)[C@@H]8CC[C@@]7(C)[C@]5(C)CC6)O[C@H](C)[C@@H](O)[C@@H]4O[C@@H]4O[C@@H](C)[C@H](O)[C@@H](O)[C@H]4O)O[C@H]3C)OC[C@H]2O)[C@H](O)[C@H](O)[C@H]1O. The van der Waals surface area contributed by atoms with E-state index in [9.17, 15) is 123 Å². The fraction of sp³-hybridized carbons (Fsp3) is 0.963. The summed E-state index contributed by atoms with van der Waals surface area (Å²) in [6, 6.07) is 0. The van der Waals surface area contributed by atoms with Crippen LogP contribution in [0.3, 0.4) is 0 Å². The van der Waals surface area contributed by atoms with E-state index in [4.69, 9.17) is 85.3 Å². The Bertz CT molecular complexity index is 3620. The van der Waals surface area contributed by atoms with Crippen LogP contribution in [0.1, 0.15) is 127 Å². The lowest BCUT2D eigenvalue weighted by atomic mass is 9.33. The van der Waals surface area contributed by atoms with Gasteiger partial charge in [-0.3, -0.25) is 4.79 Å². The second kappa shape index (κ2) is 37.1. The Balaban J connectivity index is 0.728. The van der Waals surface area contributed by atoms with E-state index in [2.05, 4.69) is 40.7 Å². The summed E-state index contributed by atoms with van der Waals surface area (Å²) in [5.41, 5.74) is -6.35. The Hall–Kier alpha value is -2.43. The normalized spacial score (nSPS) is 56.0. The topological polar surface area (TPSA) is 669 Å². The van der Waals surface area contributed by atoms with Crippen molar-refractivity contribution in [2.75, 3.05) is 46.2 Å². The van der Waals surface area contributed by atoms with Gasteiger partial charge in [-0.05, 0) is 125 Å². The highest BCUT2D eigenvalue weighted by Gasteiger charge is 2.73. The molecule has 714 valence electrons. The van der Waals surface area contributed by atoms with E-state index in [1.54, 1.807) is 6.92 Å². The van der Waals surface area contributed by atoms with E-state index in [0.717, 1.165) is 5.57 Å². The Morgan fingerprint density at radius 2 is 0.863 bits per heavy atom. The molecule has 14 rings (SSSR count). The zero-order valence-corrected chi connectivity index (χ0v) is 70.9. The average Bonchev–Trinajstić information content (AvgIpc) is 0.707. The van der Waals surface area contributed by atoms with Gasteiger partial charge in [0.25, 0.3) is 0 Å². The van der Waals surface area contributed by atoms with Crippen molar-refractivity contribution in [2.24, 2.45) is 50.2 Å². The fourth-order valence-electron chi connectivity index (χ4n) is 23.0. The number of aliphatic hydroxyl groups is 24. The maximum Gasteiger partial charge on any atom is 0.315 e. The van der Waals surface area contributed by atoms with E-state index in [-0.39, 0.29) is 30.6 Å². The van der Waals surface area contributed by atoms with Gasteiger partial charge in [-0.1, -0.05) is 53.2 Å². The molecular formula is C81H132O43. The first-order valence-electron chi connectivity index (χ1n) is 43.2. The average molecular weight is 1790 g/mol. The van der Waals surface area contributed by atoms with Crippen molar-refractivity contribution in [3.8, 4) is 0 Å². The van der Waals surface area contributed by atoms with Crippen molar-refractivity contribution in [1.29, 1.82) is 0 Å². The van der Waals surface area contributed by atoms with Gasteiger partial charge in [-0.25, -0.2) is 0 Å². The molecule has 13 fully saturated rings. The van der Waals surface area contributed by atoms with Crippen molar-refractivity contribution in [2.45, 2.75) is 391 Å². The highest BCUT2D eigenvalue weighted by atomic mass is 16.8. The van der Waals surface area contributed by atoms with Crippen LogP contribution in [0.15, 0.2) is 11.6 Å². The third kappa shape index (κ3) is 17.1. The predicted octanol–water partition coefficient (Wildman–Crippen LogP) is -8.94. The second-order valence-electron chi connectivity index (χ2n) is 39.0. The third-order valence-electron chi connectivity index (χ3n) is 30.9. The fourth-order valence-corrected chi connectivity index (χ4v) is 23.0. The van der Waals surface area contributed by atoms with Crippen LogP contribution in [0.2, 0.25) is 0 Å². The van der Waals surface area contributed by atoms with Gasteiger partial charge in [-0.15, -0.1) is 0 Å². The molecule has 0 amide bonds. The van der Waals surface area contributed by atoms with Gasteiger partial charge in [0, 0.05) is 5.41 Å². The van der Waals surface area contributed by atoms with Crippen LogP contribution in [0.25, 0.3) is 0 Å². The van der Waals surface area contributed by atoms with E-state index < -0.39 is 355 Å². The summed E-state index contributed by atoms with van der Waals surface area (Å²) in [6.07, 6.45) is -68.8. The molecule has 0 aromatic carbocycles. The standard InChI is InChI=1S/C81H132O43/c1-28-41(89)47(95)50(98)67(110-28)117-57-36(88)24-108-66(52(57)100)116-56-31(4)113-69(55(103)61(56)120-65-49(97)44(92)35(87)23-107-65)122-62-60(121-68-51(99)48(96)42(90)29(2)111-68)43(91)30(3)112-72(62)124-74(105)80-17-15-75(5,6)19-33(80)32-11-12-40-76(7)20-34(86)64(77(8,25-84)39(76)13-14-79(40,10)78(32,9)16-18-80)123-71-54(102)58(45(93)38(22-83)115-71)118-70-53(101)59(46(94)37(21-82)114-70)119-73-63(104)81(106,26-85)27-109-73/h11,28-31,33-73,82-104,106H,12-27H2,1-10H3/t28-,29-,30+,31-,33-,34-,35+,36+,37+,38+,39+,40+,41-,42-,43+,44-,45+,46+,47+,48+,49+,50+,51+,52+,53+,54+,55+,56-,57-,58-,59-,60-,61-,62+,63-,64-,65-,66-,67-,68-,69-,70-,71-,72-,73-,76-,77-,78+,79+,80-,81+/m0/s1. The first-order valence-corrected chi connectivity index (χ1v) is 43.2. The minimum absolute atomic E-state index is 0.0713. The molecule has 0 aromatic heterocycles. The summed E-state index contributed by atoms with van der Waals surface area (Å²) in [7, 11) is 0. The van der Waals surface area contributed by atoms with Crippen LogP contribution in [0.5, 0.6) is 0 Å². The van der Waals surface area contributed by atoms with Crippen LogP contribution in [-0.2, 0) is 90.1 Å². The molecule has 0 aromatic rings. The molecular weight excluding hydrogens is 1660 g/mol. The predicted molar refractivity (Wildman–Crippen MR) is 405 cm³/mol. The summed E-state index contributed by atoms with van der Waals surface area (Å²) >= 11 is 0. The van der Waals surface area contributed by atoms with Gasteiger partial charge in [0.05, 0.1) is 88.3 Å². The molecule has 24 N–H and O–H groups in total. The number of esters is 1. The first-order chi connectivity index (χ1) is 58.2. The largest absolute Gasteiger partial charge is 0.432 e. The lowest BCUT2D eigenvalue weighted by molar-refractivity contribution is -0.403. The number of aliphatic hydroxyl groups excluding tert-OH is 23. The Labute approximate surface area is 714 Å². The molecule has 0 radical (unpaired) electrons. The van der Waals surface area contributed by atoms with Gasteiger partial charge in [0.2, 0.25) is 6.29 Å². The third-order valence-corrected chi connectivity index (χ3v) is 30.9. The quantitative estimate of drug-likeness (QED) is 0.0272. The van der Waals surface area contributed by atoms with Crippen molar-refractivity contribution in [1.82, 2.24) is 0 Å². The summed E-state index contributed by atoms with van der Waals surface area (Å²) in [5.74, 6) is -1.97. The van der Waals surface area contributed by atoms with E-state index in [1.165, 1.54) is 27.7 Å². The molecule has 51 atom stereocenters. The zero-order valence-electron chi connectivity index (χ0n) is 70.9. The van der Waals surface area contributed by atoms with Crippen LogP contribution >= 0.6 is 0 Å². The maximum atomic E-state index is 16.4. The Kier molecular flexibility index (Phi) is 29.2. The lowest BCUT2D eigenvalue weighted by Crippen LogP contribution is -2.70. The van der Waals surface area contributed by atoms with Crippen molar-refractivity contribution >= 4 is 5.97 Å². The number of fused-ring (bicyclic) bond motifs is 7. The van der Waals surface area contributed by atoms with Crippen molar-refractivity contribution in [3.05, 3.63) is 11.6 Å². The molecule has 9 heterocycles. The molecule has 43 heteroatoms. The number of carbonyl (C=O) groups is 1. The number of hydrogen-bond donors (Lipinski definition) is 24. The summed E-state index contributed by atoms with van der Waals surface area (Å²) < 4.78 is 110. The van der Waals surface area contributed by atoms with Gasteiger partial charge in [-0.2, -0.15) is 0 Å². The van der Waals surface area contributed by atoms with Gasteiger partial charge in [0.15, 0.2) is 56.4 Å². The second-order valence-corrected chi connectivity index (χ2v) is 39.0. The van der Waals surface area contributed by atoms with Crippen LogP contribution in [0.4, 0.5) is 0 Å². The number of rotatable bonds is 22. The molecule has 43 nitrogen and oxygen atoms in total. The smallest absolute Gasteiger partial charge is 0.315 e. The number of carbonyl (C=O) groups excluding carboxylic acids is 1. The maximum absolute atomic E-state index is 16.4. The molecule has 0 unspecified atom stereocenters. The van der Waals surface area contributed by atoms with Crippen LogP contribution in [0, 0.1) is 50.2 Å².